The van der Waals surface area contributed by atoms with Crippen molar-refractivity contribution >= 4 is 16.6 Å². The van der Waals surface area contributed by atoms with Crippen LogP contribution in [0.25, 0.3) is 10.9 Å². The van der Waals surface area contributed by atoms with Crippen LogP contribution in [-0.4, -0.2) is 4.98 Å². The van der Waals surface area contributed by atoms with E-state index in [1.807, 2.05) is 6.20 Å². The summed E-state index contributed by atoms with van der Waals surface area (Å²) in [4.78, 5) is 4.47. The number of nitrogens with zero attached hydrogens (tertiary/aromatic N) is 1. The lowest BCUT2D eigenvalue weighted by molar-refractivity contribution is 0.764. The van der Waals surface area contributed by atoms with E-state index in [1.54, 1.807) is 0 Å². The third-order valence-corrected chi connectivity index (χ3v) is 4.60. The Morgan fingerprint density at radius 3 is 2.78 bits per heavy atom. The number of hydrogen-bond donors (Lipinski definition) is 2. The summed E-state index contributed by atoms with van der Waals surface area (Å²) in [6, 6.07) is 15.4. The number of hydrogen-bond acceptors (Lipinski definition) is 3. The summed E-state index contributed by atoms with van der Waals surface area (Å²) >= 11 is 0. The molecule has 0 saturated heterocycles. The molecule has 0 bridgehead atoms. The Morgan fingerprint density at radius 1 is 1.00 bits per heavy atom. The Bertz CT molecular complexity index is 855. The maximum Gasteiger partial charge on any atom is 0.0722 e. The zero-order valence-electron chi connectivity index (χ0n) is 13.4. The Hall–Kier alpha value is -2.39. The van der Waals surface area contributed by atoms with Gasteiger partial charge < -0.3 is 10.6 Å². The summed E-state index contributed by atoms with van der Waals surface area (Å²) in [6.45, 7) is 5.00. The van der Waals surface area contributed by atoms with Crippen molar-refractivity contribution in [2.24, 2.45) is 0 Å². The fourth-order valence-electron chi connectivity index (χ4n) is 3.22. The van der Waals surface area contributed by atoms with Crippen LogP contribution in [-0.2, 0) is 26.1 Å². The fourth-order valence-corrected chi connectivity index (χ4v) is 3.22. The molecule has 4 rings (SSSR count). The van der Waals surface area contributed by atoms with Gasteiger partial charge in [0.2, 0.25) is 0 Å². The largest absolute Gasteiger partial charge is 0.380 e. The molecule has 1 aliphatic heterocycles. The van der Waals surface area contributed by atoms with Gasteiger partial charge in [0.15, 0.2) is 0 Å². The second-order valence-electron chi connectivity index (χ2n) is 6.12. The van der Waals surface area contributed by atoms with Gasteiger partial charge in [-0.3, -0.25) is 4.98 Å². The minimum Gasteiger partial charge on any atom is -0.380 e. The van der Waals surface area contributed by atoms with Crippen LogP contribution in [0.3, 0.4) is 0 Å². The normalized spacial score (nSPS) is 13.3. The van der Waals surface area contributed by atoms with Crippen LogP contribution in [0, 0.1) is 0 Å². The van der Waals surface area contributed by atoms with E-state index in [0.29, 0.717) is 0 Å². The number of nitrogens with one attached hydrogen (secondary N) is 2. The lowest BCUT2D eigenvalue weighted by Crippen LogP contribution is -2.02. The molecule has 0 amide bonds. The van der Waals surface area contributed by atoms with Crippen LogP contribution in [0.4, 0.5) is 5.69 Å². The quantitative estimate of drug-likeness (QED) is 0.764. The summed E-state index contributed by atoms with van der Waals surface area (Å²) in [5.74, 6) is 0. The number of anilines is 1. The van der Waals surface area contributed by atoms with Crippen molar-refractivity contribution < 1.29 is 0 Å². The van der Waals surface area contributed by atoms with Gasteiger partial charge in [-0.1, -0.05) is 31.2 Å². The Morgan fingerprint density at radius 2 is 1.87 bits per heavy atom. The number of fused-ring (bicyclic) bond motifs is 2. The Kier molecular flexibility index (Phi) is 3.72. The molecule has 0 radical (unpaired) electrons. The number of rotatable bonds is 4. The fraction of sp³-hybridized carbons (Fsp3) is 0.250. The first-order chi connectivity index (χ1) is 11.3. The highest BCUT2D eigenvalue weighted by Gasteiger charge is 2.10. The molecule has 0 spiro atoms. The van der Waals surface area contributed by atoms with E-state index < -0.39 is 0 Å². The summed E-state index contributed by atoms with van der Waals surface area (Å²) in [6.07, 6.45) is 2.92. The van der Waals surface area contributed by atoms with Crippen molar-refractivity contribution in [3.63, 3.8) is 0 Å². The number of aryl methyl sites for hydroxylation is 1. The molecule has 1 aromatic heterocycles. The molecule has 0 atom stereocenters. The average Bonchev–Trinajstić information content (AvgIpc) is 3.07. The molecule has 3 heteroatoms. The molecule has 0 fully saturated rings. The lowest BCUT2D eigenvalue weighted by atomic mass is 10.1. The molecule has 2 aromatic carbocycles. The maximum atomic E-state index is 4.47. The third kappa shape index (κ3) is 2.80. The molecular formula is C20H21N3. The molecule has 23 heavy (non-hydrogen) atoms. The predicted molar refractivity (Wildman–Crippen MR) is 95.4 cm³/mol. The van der Waals surface area contributed by atoms with Gasteiger partial charge in [0.1, 0.15) is 0 Å². The second kappa shape index (κ2) is 6.01. The van der Waals surface area contributed by atoms with E-state index in [9.17, 15) is 0 Å². The highest BCUT2D eigenvalue weighted by atomic mass is 14.9. The SMILES string of the molecule is CCc1ccc2nccc(NCc3ccc4c(c3)CNC4)c2c1. The molecule has 3 nitrogen and oxygen atoms in total. The minimum atomic E-state index is 0.836. The van der Waals surface area contributed by atoms with Gasteiger partial charge in [-0.2, -0.15) is 0 Å². The van der Waals surface area contributed by atoms with E-state index >= 15 is 0 Å². The van der Waals surface area contributed by atoms with Crippen molar-refractivity contribution in [1.29, 1.82) is 0 Å². The van der Waals surface area contributed by atoms with Gasteiger partial charge >= 0.3 is 0 Å². The molecule has 3 aromatic rings. The smallest absolute Gasteiger partial charge is 0.0722 e. The second-order valence-corrected chi connectivity index (χ2v) is 6.12. The summed E-state index contributed by atoms with van der Waals surface area (Å²) in [5.41, 5.74) is 7.73. The monoisotopic (exact) mass is 303 g/mol. The van der Waals surface area contributed by atoms with Gasteiger partial charge in [-0.25, -0.2) is 0 Å². The van der Waals surface area contributed by atoms with Crippen molar-refractivity contribution in [1.82, 2.24) is 10.3 Å². The first kappa shape index (κ1) is 14.2. The van der Waals surface area contributed by atoms with E-state index in [4.69, 9.17) is 0 Å². The van der Waals surface area contributed by atoms with Crippen molar-refractivity contribution in [2.75, 3.05) is 5.32 Å². The van der Waals surface area contributed by atoms with Crippen LogP contribution in [0.5, 0.6) is 0 Å². The van der Waals surface area contributed by atoms with Crippen molar-refractivity contribution in [3.8, 4) is 0 Å². The van der Waals surface area contributed by atoms with E-state index in [1.165, 1.54) is 27.6 Å². The molecular weight excluding hydrogens is 282 g/mol. The Labute approximate surface area is 136 Å². The van der Waals surface area contributed by atoms with Gasteiger partial charge in [-0.05, 0) is 46.9 Å². The Balaban J connectivity index is 1.60. The van der Waals surface area contributed by atoms with Crippen LogP contribution < -0.4 is 10.6 Å². The highest BCUT2D eigenvalue weighted by molar-refractivity contribution is 5.91. The number of pyridine rings is 1. The van der Waals surface area contributed by atoms with E-state index in [2.05, 4.69) is 65.0 Å². The zero-order chi connectivity index (χ0) is 15.6. The van der Waals surface area contributed by atoms with Gasteiger partial charge in [0.05, 0.1) is 5.52 Å². The lowest BCUT2D eigenvalue weighted by Gasteiger charge is -2.11. The molecule has 0 aliphatic carbocycles. The van der Waals surface area contributed by atoms with E-state index in [-0.39, 0.29) is 0 Å². The summed E-state index contributed by atoms with van der Waals surface area (Å²) in [5, 5.41) is 8.19. The van der Waals surface area contributed by atoms with Gasteiger partial charge in [-0.15, -0.1) is 0 Å². The molecule has 2 heterocycles. The van der Waals surface area contributed by atoms with Crippen LogP contribution in [0.2, 0.25) is 0 Å². The standard InChI is InChI=1S/C20H21N3/c1-2-14-4-6-19-18(10-14)20(7-8-22-19)23-11-15-3-5-16-12-21-13-17(16)9-15/h3-10,21H,2,11-13H2,1H3,(H,22,23). The maximum absolute atomic E-state index is 4.47. The van der Waals surface area contributed by atoms with Gasteiger partial charge in [0, 0.05) is 36.9 Å². The number of aromatic nitrogens is 1. The van der Waals surface area contributed by atoms with Crippen molar-refractivity contribution in [2.45, 2.75) is 33.0 Å². The first-order valence-corrected chi connectivity index (χ1v) is 8.26. The molecule has 116 valence electrons. The number of benzene rings is 2. The van der Waals surface area contributed by atoms with Crippen molar-refractivity contribution in [3.05, 3.63) is 70.9 Å². The average molecular weight is 303 g/mol. The molecule has 0 saturated carbocycles. The van der Waals surface area contributed by atoms with Crippen LogP contribution >= 0.6 is 0 Å². The van der Waals surface area contributed by atoms with Gasteiger partial charge in [0.25, 0.3) is 0 Å². The third-order valence-electron chi connectivity index (χ3n) is 4.60. The molecule has 2 N–H and O–H groups in total. The predicted octanol–water partition coefficient (Wildman–Crippen LogP) is 4.01. The summed E-state index contributed by atoms with van der Waals surface area (Å²) < 4.78 is 0. The molecule has 0 unspecified atom stereocenters. The summed E-state index contributed by atoms with van der Waals surface area (Å²) in [7, 11) is 0. The van der Waals surface area contributed by atoms with Crippen LogP contribution in [0.1, 0.15) is 29.2 Å². The van der Waals surface area contributed by atoms with Crippen LogP contribution in [0.15, 0.2) is 48.7 Å². The topological polar surface area (TPSA) is 37.0 Å². The first-order valence-electron chi connectivity index (χ1n) is 8.26. The zero-order valence-corrected chi connectivity index (χ0v) is 13.4. The minimum absolute atomic E-state index is 0.836. The molecule has 1 aliphatic rings. The van der Waals surface area contributed by atoms with E-state index in [0.717, 1.165) is 37.3 Å². The highest BCUT2D eigenvalue weighted by Crippen LogP contribution is 2.24.